The van der Waals surface area contributed by atoms with Crippen molar-refractivity contribution in [3.8, 4) is 0 Å². The summed E-state index contributed by atoms with van der Waals surface area (Å²) < 4.78 is 26.0. The fraction of sp³-hybridized carbons (Fsp3) is 0.500. The molecule has 1 aromatic rings. The molecule has 1 aliphatic rings. The van der Waals surface area contributed by atoms with E-state index in [1.165, 1.54) is 13.1 Å². The van der Waals surface area contributed by atoms with Crippen LogP contribution in [0.2, 0.25) is 0 Å². The van der Waals surface area contributed by atoms with E-state index < -0.39 is 10.0 Å². The number of nitrogen functional groups attached to an aromatic ring is 1. The number of rotatable bonds is 4. The normalized spacial score (nSPS) is 15.7. The SMILES string of the molecule is Cc1ccc(S(=O)(=O)N(C)CC(=O)N2CCCC2)c(N)c1. The van der Waals surface area contributed by atoms with E-state index in [9.17, 15) is 13.2 Å². The Balaban J connectivity index is 2.16. The van der Waals surface area contributed by atoms with Crippen molar-refractivity contribution in [3.63, 3.8) is 0 Å². The molecule has 116 valence electrons. The second-order valence-corrected chi connectivity index (χ2v) is 7.40. The number of aryl methyl sites for hydroxylation is 1. The van der Waals surface area contributed by atoms with Crippen LogP contribution in [0, 0.1) is 6.92 Å². The molecule has 1 heterocycles. The number of likely N-dealkylation sites (tertiary alicyclic amines) is 1. The van der Waals surface area contributed by atoms with Gasteiger partial charge in [-0.3, -0.25) is 4.79 Å². The van der Waals surface area contributed by atoms with E-state index in [0.717, 1.165) is 22.7 Å². The summed E-state index contributed by atoms with van der Waals surface area (Å²) >= 11 is 0. The third-order valence-corrected chi connectivity index (χ3v) is 5.55. The van der Waals surface area contributed by atoms with E-state index in [1.807, 2.05) is 6.92 Å². The van der Waals surface area contributed by atoms with Gasteiger partial charge in [0.05, 0.1) is 12.2 Å². The highest BCUT2D eigenvalue weighted by molar-refractivity contribution is 7.89. The minimum Gasteiger partial charge on any atom is -0.398 e. The van der Waals surface area contributed by atoms with Gasteiger partial charge >= 0.3 is 0 Å². The van der Waals surface area contributed by atoms with Gasteiger partial charge in [0.25, 0.3) is 0 Å². The van der Waals surface area contributed by atoms with Crippen LogP contribution in [0.1, 0.15) is 18.4 Å². The summed E-state index contributed by atoms with van der Waals surface area (Å²) in [7, 11) is -2.34. The van der Waals surface area contributed by atoms with Crippen LogP contribution in [-0.2, 0) is 14.8 Å². The molecule has 0 aliphatic carbocycles. The Morgan fingerprint density at radius 3 is 2.52 bits per heavy atom. The summed E-state index contributed by atoms with van der Waals surface area (Å²) in [6.07, 6.45) is 1.96. The van der Waals surface area contributed by atoms with Crippen LogP contribution in [0.25, 0.3) is 0 Å². The number of hydrogen-bond acceptors (Lipinski definition) is 4. The lowest BCUT2D eigenvalue weighted by atomic mass is 10.2. The largest absolute Gasteiger partial charge is 0.398 e. The van der Waals surface area contributed by atoms with Crippen LogP contribution in [0.3, 0.4) is 0 Å². The van der Waals surface area contributed by atoms with Crippen LogP contribution in [-0.4, -0.2) is 50.2 Å². The topological polar surface area (TPSA) is 83.7 Å². The van der Waals surface area contributed by atoms with Crippen LogP contribution in [0.4, 0.5) is 5.69 Å². The van der Waals surface area contributed by atoms with Gasteiger partial charge in [-0.25, -0.2) is 8.42 Å². The molecule has 1 amide bonds. The maximum Gasteiger partial charge on any atom is 0.245 e. The van der Waals surface area contributed by atoms with Crippen molar-refractivity contribution in [2.75, 3.05) is 32.4 Å². The standard InChI is InChI=1S/C14H21N3O3S/c1-11-5-6-13(12(15)9-11)21(19,20)16(2)10-14(18)17-7-3-4-8-17/h5-6,9H,3-4,7-8,10,15H2,1-2H3. The molecule has 2 rings (SSSR count). The number of benzene rings is 1. The zero-order valence-corrected chi connectivity index (χ0v) is 13.2. The fourth-order valence-electron chi connectivity index (χ4n) is 2.41. The van der Waals surface area contributed by atoms with E-state index in [2.05, 4.69) is 0 Å². The highest BCUT2D eigenvalue weighted by Gasteiger charge is 2.27. The van der Waals surface area contributed by atoms with Gasteiger partial charge in [-0.2, -0.15) is 4.31 Å². The molecule has 0 unspecified atom stereocenters. The summed E-state index contributed by atoms with van der Waals surface area (Å²) in [6.45, 7) is 3.10. The molecule has 1 aromatic carbocycles. The van der Waals surface area contributed by atoms with Crippen molar-refractivity contribution in [2.45, 2.75) is 24.7 Å². The Morgan fingerprint density at radius 2 is 1.95 bits per heavy atom. The van der Waals surface area contributed by atoms with E-state index in [0.29, 0.717) is 13.1 Å². The molecule has 21 heavy (non-hydrogen) atoms. The van der Waals surface area contributed by atoms with E-state index >= 15 is 0 Å². The molecule has 7 heteroatoms. The molecule has 2 N–H and O–H groups in total. The summed E-state index contributed by atoms with van der Waals surface area (Å²) in [5, 5.41) is 0. The van der Waals surface area contributed by atoms with Crippen molar-refractivity contribution in [3.05, 3.63) is 23.8 Å². The van der Waals surface area contributed by atoms with Crippen LogP contribution in [0.15, 0.2) is 23.1 Å². The van der Waals surface area contributed by atoms with E-state index in [4.69, 9.17) is 5.73 Å². The van der Waals surface area contributed by atoms with Gasteiger partial charge in [-0.1, -0.05) is 6.07 Å². The van der Waals surface area contributed by atoms with Crippen LogP contribution < -0.4 is 5.73 Å². The molecule has 6 nitrogen and oxygen atoms in total. The second-order valence-electron chi connectivity index (χ2n) is 5.39. The molecule has 0 spiro atoms. The minimum absolute atomic E-state index is 0.0461. The first-order chi connectivity index (χ1) is 9.82. The lowest BCUT2D eigenvalue weighted by Crippen LogP contribution is -2.40. The maximum absolute atomic E-state index is 12.5. The van der Waals surface area contributed by atoms with Gasteiger partial charge in [0.1, 0.15) is 4.90 Å². The van der Waals surface area contributed by atoms with Gasteiger partial charge in [0.15, 0.2) is 0 Å². The lowest BCUT2D eigenvalue weighted by Gasteiger charge is -2.21. The highest BCUT2D eigenvalue weighted by atomic mass is 32.2. The number of hydrogen-bond donors (Lipinski definition) is 1. The van der Waals surface area contributed by atoms with Crippen molar-refractivity contribution < 1.29 is 13.2 Å². The Morgan fingerprint density at radius 1 is 1.33 bits per heavy atom. The Hall–Kier alpha value is -1.60. The molecular formula is C14H21N3O3S. The van der Waals surface area contributed by atoms with Gasteiger partial charge < -0.3 is 10.6 Å². The average Bonchev–Trinajstić information content (AvgIpc) is 2.91. The third kappa shape index (κ3) is 3.36. The average molecular weight is 311 g/mol. The fourth-order valence-corrected chi connectivity index (χ4v) is 3.63. The van der Waals surface area contributed by atoms with Gasteiger partial charge in [0, 0.05) is 20.1 Å². The number of nitrogens with two attached hydrogens (primary N) is 1. The van der Waals surface area contributed by atoms with Crippen molar-refractivity contribution in [1.82, 2.24) is 9.21 Å². The predicted molar refractivity (Wildman–Crippen MR) is 81.2 cm³/mol. The molecule has 0 bridgehead atoms. The number of carbonyl (C=O) groups excluding carboxylic acids is 1. The number of nitrogens with zero attached hydrogens (tertiary/aromatic N) is 2. The summed E-state index contributed by atoms with van der Waals surface area (Å²) in [4.78, 5) is 13.8. The van der Waals surface area contributed by atoms with E-state index in [-0.39, 0.29) is 23.0 Å². The first-order valence-electron chi connectivity index (χ1n) is 6.92. The summed E-state index contributed by atoms with van der Waals surface area (Å²) in [6, 6.07) is 4.79. The number of likely N-dealkylation sites (N-methyl/N-ethyl adjacent to an activating group) is 1. The summed E-state index contributed by atoms with van der Waals surface area (Å²) in [5.41, 5.74) is 6.89. The smallest absolute Gasteiger partial charge is 0.245 e. The number of anilines is 1. The lowest BCUT2D eigenvalue weighted by molar-refractivity contribution is -0.130. The van der Waals surface area contributed by atoms with Gasteiger partial charge in [-0.15, -0.1) is 0 Å². The molecule has 0 radical (unpaired) electrons. The zero-order chi connectivity index (χ0) is 15.6. The molecular weight excluding hydrogens is 290 g/mol. The number of sulfonamides is 1. The predicted octanol–water partition coefficient (Wildman–Crippen LogP) is 0.820. The number of carbonyl (C=O) groups is 1. The zero-order valence-electron chi connectivity index (χ0n) is 12.4. The minimum atomic E-state index is -3.75. The van der Waals surface area contributed by atoms with Crippen LogP contribution in [0.5, 0.6) is 0 Å². The first kappa shape index (κ1) is 15.8. The summed E-state index contributed by atoms with van der Waals surface area (Å²) in [5.74, 6) is -0.163. The molecule has 1 aliphatic heterocycles. The van der Waals surface area contributed by atoms with Gasteiger partial charge in [-0.05, 0) is 37.5 Å². The van der Waals surface area contributed by atoms with E-state index in [1.54, 1.807) is 17.0 Å². The monoisotopic (exact) mass is 311 g/mol. The van der Waals surface area contributed by atoms with Gasteiger partial charge in [0.2, 0.25) is 15.9 Å². The number of amides is 1. The molecule has 0 aromatic heterocycles. The van der Waals surface area contributed by atoms with Crippen molar-refractivity contribution in [1.29, 1.82) is 0 Å². The quantitative estimate of drug-likeness (QED) is 0.834. The molecule has 1 fully saturated rings. The maximum atomic E-state index is 12.5. The highest BCUT2D eigenvalue weighted by Crippen LogP contribution is 2.22. The third-order valence-electron chi connectivity index (χ3n) is 3.67. The van der Waals surface area contributed by atoms with Crippen molar-refractivity contribution >= 4 is 21.6 Å². The molecule has 1 saturated heterocycles. The first-order valence-corrected chi connectivity index (χ1v) is 8.36. The Labute approximate surface area is 125 Å². The Kier molecular flexibility index (Phi) is 4.53. The van der Waals surface area contributed by atoms with Crippen molar-refractivity contribution in [2.24, 2.45) is 0 Å². The molecule has 0 atom stereocenters. The van der Waals surface area contributed by atoms with Crippen LogP contribution >= 0.6 is 0 Å². The Bertz CT molecular complexity index is 637. The molecule has 0 saturated carbocycles. The second kappa shape index (κ2) is 6.03.